The van der Waals surface area contributed by atoms with E-state index in [-0.39, 0.29) is 6.03 Å². The number of benzene rings is 2. The van der Waals surface area contributed by atoms with E-state index in [0.29, 0.717) is 12.5 Å². The Kier molecular flexibility index (Phi) is 6.75. The first-order valence-corrected chi connectivity index (χ1v) is 10.8. The molecule has 0 aliphatic carbocycles. The van der Waals surface area contributed by atoms with Crippen molar-refractivity contribution in [1.29, 1.82) is 0 Å². The molecule has 0 radical (unpaired) electrons. The predicted octanol–water partition coefficient (Wildman–Crippen LogP) is 3.53. The molecule has 2 heterocycles. The first-order valence-electron chi connectivity index (χ1n) is 10.8. The normalized spacial score (nSPS) is 14.6. The Morgan fingerprint density at radius 3 is 2.33 bits per heavy atom. The monoisotopic (exact) mass is 403 g/mol. The Morgan fingerprint density at radius 2 is 1.63 bits per heavy atom. The lowest BCUT2D eigenvalue weighted by molar-refractivity contribution is 0.170. The molecule has 0 bridgehead atoms. The highest BCUT2D eigenvalue weighted by Gasteiger charge is 2.24. The van der Waals surface area contributed by atoms with E-state index < -0.39 is 0 Å². The van der Waals surface area contributed by atoms with Gasteiger partial charge in [0.2, 0.25) is 0 Å². The van der Waals surface area contributed by atoms with Gasteiger partial charge in [-0.15, -0.1) is 10.2 Å². The summed E-state index contributed by atoms with van der Waals surface area (Å²) in [6.45, 7) is 3.07. The van der Waals surface area contributed by atoms with Crippen LogP contribution in [-0.2, 0) is 19.4 Å². The van der Waals surface area contributed by atoms with E-state index >= 15 is 0 Å². The highest BCUT2D eigenvalue weighted by Crippen LogP contribution is 2.21. The first kappa shape index (κ1) is 20.1. The van der Waals surface area contributed by atoms with Crippen molar-refractivity contribution < 1.29 is 4.79 Å². The first-order chi connectivity index (χ1) is 14.8. The largest absolute Gasteiger partial charge is 0.338 e. The van der Waals surface area contributed by atoms with Gasteiger partial charge < -0.3 is 14.8 Å². The summed E-state index contributed by atoms with van der Waals surface area (Å²) in [5.74, 6) is 1.57. The number of piperidine rings is 1. The molecule has 0 spiro atoms. The molecule has 0 saturated carbocycles. The van der Waals surface area contributed by atoms with Crippen molar-refractivity contribution in [3.05, 3.63) is 83.9 Å². The lowest BCUT2D eigenvalue weighted by Gasteiger charge is -2.32. The third kappa shape index (κ3) is 5.47. The van der Waals surface area contributed by atoms with E-state index in [1.165, 1.54) is 11.1 Å². The number of hydrogen-bond donors (Lipinski definition) is 1. The Morgan fingerprint density at radius 1 is 0.967 bits per heavy atom. The second-order valence-electron chi connectivity index (χ2n) is 7.96. The number of amides is 2. The van der Waals surface area contributed by atoms with Crippen molar-refractivity contribution in [2.75, 3.05) is 19.6 Å². The van der Waals surface area contributed by atoms with Gasteiger partial charge in [-0.3, -0.25) is 0 Å². The van der Waals surface area contributed by atoms with Crippen LogP contribution in [0.4, 0.5) is 4.79 Å². The maximum absolute atomic E-state index is 12.5. The van der Waals surface area contributed by atoms with Crippen molar-refractivity contribution in [2.24, 2.45) is 5.92 Å². The Bertz CT molecular complexity index is 917. The fraction of sp³-hybridized carbons (Fsp3) is 0.375. The zero-order chi connectivity index (χ0) is 20.6. The topological polar surface area (TPSA) is 63.1 Å². The number of nitrogens with one attached hydrogen (secondary N) is 1. The van der Waals surface area contributed by atoms with E-state index in [1.54, 1.807) is 0 Å². The Balaban J connectivity index is 1.21. The summed E-state index contributed by atoms with van der Waals surface area (Å²) in [5.41, 5.74) is 2.50. The van der Waals surface area contributed by atoms with Crippen LogP contribution in [-0.4, -0.2) is 45.3 Å². The zero-order valence-electron chi connectivity index (χ0n) is 17.3. The number of urea groups is 1. The molecule has 2 aromatic carbocycles. The summed E-state index contributed by atoms with van der Waals surface area (Å²) in [7, 11) is 0. The van der Waals surface area contributed by atoms with Crippen LogP contribution in [0.3, 0.4) is 0 Å². The highest BCUT2D eigenvalue weighted by atomic mass is 16.2. The fourth-order valence-electron chi connectivity index (χ4n) is 4.02. The molecule has 4 rings (SSSR count). The average molecular weight is 404 g/mol. The highest BCUT2D eigenvalue weighted by molar-refractivity contribution is 5.74. The van der Waals surface area contributed by atoms with Gasteiger partial charge in [0.15, 0.2) is 0 Å². The summed E-state index contributed by atoms with van der Waals surface area (Å²) in [4.78, 5) is 14.4. The van der Waals surface area contributed by atoms with Gasteiger partial charge >= 0.3 is 6.03 Å². The van der Waals surface area contributed by atoms with E-state index in [4.69, 9.17) is 0 Å². The van der Waals surface area contributed by atoms with Gasteiger partial charge in [0, 0.05) is 26.1 Å². The second kappa shape index (κ2) is 10.1. The van der Waals surface area contributed by atoms with Crippen molar-refractivity contribution >= 4 is 6.03 Å². The Labute approximate surface area is 177 Å². The molecule has 3 aromatic rings. The molecule has 1 saturated heterocycles. The van der Waals surface area contributed by atoms with Crippen LogP contribution in [0.1, 0.15) is 29.8 Å². The molecule has 30 heavy (non-hydrogen) atoms. The standard InChI is InChI=1S/C24H29N5O/c30-24(25-14-11-20-7-3-1-4-8-20)28-15-12-21(13-16-28)17-23-27-26-19-29(23)18-22-9-5-2-6-10-22/h1-10,19,21H,11-18H2,(H,25,30). The maximum Gasteiger partial charge on any atom is 0.317 e. The lowest BCUT2D eigenvalue weighted by atomic mass is 9.93. The van der Waals surface area contributed by atoms with Gasteiger partial charge in [-0.25, -0.2) is 4.79 Å². The minimum atomic E-state index is 0.0524. The molecule has 0 unspecified atom stereocenters. The number of aromatic nitrogens is 3. The number of rotatable bonds is 7. The summed E-state index contributed by atoms with van der Waals surface area (Å²) in [5, 5.41) is 11.5. The molecule has 6 nitrogen and oxygen atoms in total. The lowest BCUT2D eigenvalue weighted by Crippen LogP contribution is -2.45. The molecule has 2 amide bonds. The van der Waals surface area contributed by atoms with Crippen LogP contribution in [0.25, 0.3) is 0 Å². The zero-order valence-corrected chi connectivity index (χ0v) is 17.3. The molecule has 156 valence electrons. The third-order valence-corrected chi connectivity index (χ3v) is 5.80. The average Bonchev–Trinajstić information content (AvgIpc) is 3.22. The van der Waals surface area contributed by atoms with Crippen LogP contribution in [0, 0.1) is 5.92 Å². The summed E-state index contributed by atoms with van der Waals surface area (Å²) >= 11 is 0. The SMILES string of the molecule is O=C(NCCc1ccccc1)N1CCC(Cc2nncn2Cc2ccccc2)CC1. The molecular weight excluding hydrogens is 374 g/mol. The van der Waals surface area contributed by atoms with Crippen LogP contribution in [0.5, 0.6) is 0 Å². The van der Waals surface area contributed by atoms with Gasteiger partial charge in [0.25, 0.3) is 0 Å². The number of carbonyl (C=O) groups excluding carboxylic acids is 1. The molecule has 1 fully saturated rings. The van der Waals surface area contributed by atoms with Crippen LogP contribution in [0.15, 0.2) is 67.0 Å². The minimum absolute atomic E-state index is 0.0524. The number of nitrogens with zero attached hydrogens (tertiary/aromatic N) is 4. The number of carbonyl (C=O) groups is 1. The number of likely N-dealkylation sites (tertiary alicyclic amines) is 1. The second-order valence-corrected chi connectivity index (χ2v) is 7.96. The minimum Gasteiger partial charge on any atom is -0.338 e. The molecule has 1 aliphatic heterocycles. The van der Waals surface area contributed by atoms with Crippen molar-refractivity contribution in [2.45, 2.75) is 32.2 Å². The van der Waals surface area contributed by atoms with Gasteiger partial charge in [-0.1, -0.05) is 60.7 Å². The summed E-state index contributed by atoms with van der Waals surface area (Å²) in [6.07, 6.45) is 5.60. The smallest absolute Gasteiger partial charge is 0.317 e. The van der Waals surface area contributed by atoms with Gasteiger partial charge in [0.1, 0.15) is 12.2 Å². The van der Waals surface area contributed by atoms with Crippen LogP contribution < -0.4 is 5.32 Å². The Hall–Kier alpha value is -3.15. The van der Waals surface area contributed by atoms with Gasteiger partial charge in [-0.2, -0.15) is 0 Å². The number of hydrogen-bond acceptors (Lipinski definition) is 3. The fourth-order valence-corrected chi connectivity index (χ4v) is 4.02. The molecule has 1 N–H and O–H groups in total. The van der Waals surface area contributed by atoms with E-state index in [0.717, 1.165) is 51.1 Å². The van der Waals surface area contributed by atoms with Gasteiger partial charge in [-0.05, 0) is 36.3 Å². The molecular formula is C24H29N5O. The summed E-state index contributed by atoms with van der Waals surface area (Å²) in [6, 6.07) is 20.7. The van der Waals surface area contributed by atoms with E-state index in [9.17, 15) is 4.79 Å². The van der Waals surface area contributed by atoms with E-state index in [2.05, 4.69) is 56.5 Å². The van der Waals surface area contributed by atoms with E-state index in [1.807, 2.05) is 35.5 Å². The van der Waals surface area contributed by atoms with Crippen molar-refractivity contribution in [1.82, 2.24) is 25.0 Å². The molecule has 6 heteroatoms. The van der Waals surface area contributed by atoms with Crippen LogP contribution in [0.2, 0.25) is 0 Å². The van der Waals surface area contributed by atoms with Crippen molar-refractivity contribution in [3.63, 3.8) is 0 Å². The quantitative estimate of drug-likeness (QED) is 0.656. The maximum atomic E-state index is 12.5. The van der Waals surface area contributed by atoms with Crippen molar-refractivity contribution in [3.8, 4) is 0 Å². The molecule has 1 aliphatic rings. The predicted molar refractivity (Wildman–Crippen MR) is 117 cm³/mol. The summed E-state index contributed by atoms with van der Waals surface area (Å²) < 4.78 is 2.14. The third-order valence-electron chi connectivity index (χ3n) is 5.80. The van der Waals surface area contributed by atoms with Crippen LogP contribution >= 0.6 is 0 Å². The molecule has 0 atom stereocenters. The molecule has 1 aromatic heterocycles. The van der Waals surface area contributed by atoms with Gasteiger partial charge in [0.05, 0.1) is 6.54 Å².